The number of hydrogen-bond donors (Lipinski definition) is 1. The molecule has 1 aromatic carbocycles. The Balaban J connectivity index is 1.76. The third-order valence-electron chi connectivity index (χ3n) is 6.33. The van der Waals surface area contributed by atoms with E-state index in [9.17, 15) is 14.7 Å². The van der Waals surface area contributed by atoms with Gasteiger partial charge in [0.05, 0.1) is 17.1 Å². The van der Waals surface area contributed by atoms with Crippen molar-refractivity contribution in [3.8, 4) is 5.69 Å². The molecule has 1 saturated heterocycles. The summed E-state index contributed by atoms with van der Waals surface area (Å²) < 4.78 is 2.10. The molecular formula is C25H29N3O3. The van der Waals surface area contributed by atoms with Crippen molar-refractivity contribution in [2.45, 2.75) is 47.0 Å². The van der Waals surface area contributed by atoms with Gasteiger partial charge in [0.15, 0.2) is 0 Å². The van der Waals surface area contributed by atoms with Crippen molar-refractivity contribution in [1.29, 1.82) is 0 Å². The lowest BCUT2D eigenvalue weighted by atomic mass is 9.72. The topological polar surface area (TPSA) is 75.4 Å². The Labute approximate surface area is 182 Å². The molecule has 1 atom stereocenters. The highest BCUT2D eigenvalue weighted by Gasteiger charge is 2.40. The van der Waals surface area contributed by atoms with Gasteiger partial charge in [-0.3, -0.25) is 4.79 Å². The normalized spacial score (nSPS) is 20.3. The third-order valence-corrected chi connectivity index (χ3v) is 6.33. The number of rotatable bonds is 2. The van der Waals surface area contributed by atoms with Crippen LogP contribution in [0.3, 0.4) is 0 Å². The largest absolute Gasteiger partial charge is 0.465 e. The van der Waals surface area contributed by atoms with Crippen LogP contribution in [0, 0.1) is 11.3 Å². The molecule has 2 amide bonds. The first-order valence-corrected chi connectivity index (χ1v) is 10.8. The fourth-order valence-corrected chi connectivity index (χ4v) is 4.77. The second-order valence-electron chi connectivity index (χ2n) is 9.38. The lowest BCUT2D eigenvalue weighted by Gasteiger charge is -2.38. The highest BCUT2D eigenvalue weighted by atomic mass is 16.4. The molecule has 0 bridgehead atoms. The number of benzene rings is 1. The van der Waals surface area contributed by atoms with Gasteiger partial charge < -0.3 is 9.67 Å². The van der Waals surface area contributed by atoms with Crippen LogP contribution in [0.15, 0.2) is 36.2 Å². The first-order valence-electron chi connectivity index (χ1n) is 10.8. The Hall–Kier alpha value is -3.15. The Bertz CT molecular complexity index is 1100. The van der Waals surface area contributed by atoms with E-state index in [1.165, 1.54) is 11.1 Å². The molecule has 162 valence electrons. The predicted molar refractivity (Wildman–Crippen MR) is 121 cm³/mol. The van der Waals surface area contributed by atoms with E-state index < -0.39 is 12.0 Å². The van der Waals surface area contributed by atoms with Gasteiger partial charge in [0.1, 0.15) is 6.33 Å². The Morgan fingerprint density at radius 2 is 2.03 bits per heavy atom. The number of aromatic nitrogens is 2. The molecule has 4 rings (SSSR count). The monoisotopic (exact) mass is 419 g/mol. The molecule has 3 heterocycles. The quantitative estimate of drug-likeness (QED) is 0.698. The number of nitrogens with zero attached hydrogens (tertiary/aromatic N) is 3. The fourth-order valence-electron chi connectivity index (χ4n) is 4.77. The molecule has 2 aromatic rings. The summed E-state index contributed by atoms with van der Waals surface area (Å²) in [5, 5.41) is 9.46. The number of carboxylic acid groups (broad SMARTS) is 1. The van der Waals surface area contributed by atoms with E-state index in [1.54, 1.807) is 0 Å². The summed E-state index contributed by atoms with van der Waals surface area (Å²) >= 11 is 0. The van der Waals surface area contributed by atoms with Crippen LogP contribution in [0.25, 0.3) is 17.8 Å². The zero-order valence-corrected chi connectivity index (χ0v) is 18.6. The number of piperidine rings is 1. The molecule has 1 N–H and O–H groups in total. The number of carbonyl (C=O) groups excluding carboxylic acids is 1. The molecule has 0 spiro atoms. The average molecular weight is 420 g/mol. The van der Waals surface area contributed by atoms with Gasteiger partial charge in [0, 0.05) is 12.1 Å². The van der Waals surface area contributed by atoms with Crippen molar-refractivity contribution in [3.63, 3.8) is 0 Å². The Morgan fingerprint density at radius 1 is 1.26 bits per heavy atom. The fraction of sp³-hybridized carbons (Fsp3) is 0.400. The zero-order chi connectivity index (χ0) is 22.3. The summed E-state index contributed by atoms with van der Waals surface area (Å²) in [7, 11) is 0. The highest BCUT2D eigenvalue weighted by molar-refractivity contribution is 6.06. The Morgan fingerprint density at radius 3 is 2.71 bits per heavy atom. The van der Waals surface area contributed by atoms with Crippen LogP contribution >= 0.6 is 0 Å². The molecule has 31 heavy (non-hydrogen) atoms. The second-order valence-corrected chi connectivity index (χ2v) is 9.38. The molecule has 0 radical (unpaired) electrons. The van der Waals surface area contributed by atoms with Crippen LogP contribution in [0.4, 0.5) is 4.79 Å². The van der Waals surface area contributed by atoms with Gasteiger partial charge in [-0.2, -0.15) is 0 Å². The van der Waals surface area contributed by atoms with Gasteiger partial charge in [-0.1, -0.05) is 39.0 Å². The number of allylic oxidation sites excluding steroid dienone is 1. The molecule has 1 aromatic heterocycles. The molecule has 2 aliphatic rings. The van der Waals surface area contributed by atoms with E-state index >= 15 is 0 Å². The highest BCUT2D eigenvalue weighted by Crippen LogP contribution is 2.40. The molecule has 0 saturated carbocycles. The van der Waals surface area contributed by atoms with Gasteiger partial charge in [-0.15, -0.1) is 0 Å². The van der Waals surface area contributed by atoms with E-state index in [4.69, 9.17) is 0 Å². The van der Waals surface area contributed by atoms with Crippen LogP contribution < -0.4 is 0 Å². The predicted octanol–water partition coefficient (Wildman–Crippen LogP) is 4.96. The van der Waals surface area contributed by atoms with Crippen molar-refractivity contribution in [2.24, 2.45) is 11.3 Å². The van der Waals surface area contributed by atoms with Gasteiger partial charge >= 0.3 is 6.09 Å². The van der Waals surface area contributed by atoms with Crippen LogP contribution in [0.5, 0.6) is 0 Å². The number of carbonyl (C=O) groups is 2. The maximum Gasteiger partial charge on any atom is 0.414 e. The lowest BCUT2D eigenvalue weighted by molar-refractivity contribution is -0.128. The van der Waals surface area contributed by atoms with E-state index in [1.807, 2.05) is 25.4 Å². The van der Waals surface area contributed by atoms with Gasteiger partial charge in [0.2, 0.25) is 0 Å². The minimum Gasteiger partial charge on any atom is -0.465 e. The molecule has 2 aliphatic heterocycles. The molecular weight excluding hydrogens is 390 g/mol. The number of fused-ring (bicyclic) bond motifs is 3. The van der Waals surface area contributed by atoms with E-state index in [2.05, 4.69) is 54.6 Å². The first kappa shape index (κ1) is 21.1. The maximum absolute atomic E-state index is 13.1. The van der Waals surface area contributed by atoms with E-state index in [0.717, 1.165) is 34.8 Å². The minimum absolute atomic E-state index is 0.0211. The molecule has 1 fully saturated rings. The van der Waals surface area contributed by atoms with E-state index in [-0.39, 0.29) is 17.9 Å². The van der Waals surface area contributed by atoms with Crippen LogP contribution in [0.1, 0.15) is 56.6 Å². The lowest BCUT2D eigenvalue weighted by Crippen LogP contribution is -2.46. The summed E-state index contributed by atoms with van der Waals surface area (Å²) in [5.41, 5.74) is 5.78. The van der Waals surface area contributed by atoms with Crippen molar-refractivity contribution in [3.05, 3.63) is 58.7 Å². The van der Waals surface area contributed by atoms with Crippen LogP contribution in [0.2, 0.25) is 0 Å². The summed E-state index contributed by atoms with van der Waals surface area (Å²) in [5.74, 6) is -0.445. The maximum atomic E-state index is 13.1. The number of likely N-dealkylation sites (tertiary alicyclic amines) is 1. The minimum atomic E-state index is -1.19. The van der Waals surface area contributed by atoms with Gasteiger partial charge in [0.25, 0.3) is 5.91 Å². The number of imide groups is 1. The summed E-state index contributed by atoms with van der Waals surface area (Å²) in [6.07, 6.45) is 8.92. The Kier molecular flexibility index (Phi) is 5.33. The van der Waals surface area contributed by atoms with Gasteiger partial charge in [-0.25, -0.2) is 14.7 Å². The smallest absolute Gasteiger partial charge is 0.414 e. The van der Waals surface area contributed by atoms with Crippen LogP contribution in [-0.2, 0) is 17.6 Å². The molecule has 6 nitrogen and oxygen atoms in total. The van der Waals surface area contributed by atoms with Crippen molar-refractivity contribution in [2.75, 3.05) is 6.54 Å². The second kappa shape index (κ2) is 7.84. The van der Waals surface area contributed by atoms with Crippen molar-refractivity contribution in [1.82, 2.24) is 14.5 Å². The molecule has 0 aliphatic carbocycles. The molecule has 1 unspecified atom stereocenters. The average Bonchev–Trinajstić information content (AvgIpc) is 3.11. The van der Waals surface area contributed by atoms with Gasteiger partial charge in [-0.05, 0) is 66.9 Å². The number of hydrogen-bond acceptors (Lipinski definition) is 3. The molecule has 6 heteroatoms. The number of aryl methyl sites for hydroxylation is 1. The summed E-state index contributed by atoms with van der Waals surface area (Å²) in [6, 6.07) is 6.42. The van der Waals surface area contributed by atoms with E-state index in [0.29, 0.717) is 12.0 Å². The van der Waals surface area contributed by atoms with Crippen molar-refractivity contribution >= 4 is 24.2 Å². The zero-order valence-electron chi connectivity index (χ0n) is 18.6. The first-order chi connectivity index (χ1) is 14.7. The van der Waals surface area contributed by atoms with Crippen molar-refractivity contribution < 1.29 is 14.7 Å². The summed E-state index contributed by atoms with van der Waals surface area (Å²) in [4.78, 5) is 30.2. The standard InChI is InChI=1S/C25H29N3O3/c1-5-6-16-7-9-21-17(13-16)8-10-22-20(26-15-28(21)22)14-18-19(25(2,3)4)11-12-27(23(18)29)24(30)31/h5-7,9,13-15,19H,8,10-12H2,1-4H3,(H,30,31). The number of amides is 2. The SMILES string of the molecule is CC=Cc1ccc2c(c1)CCc1c(C=C3C(=O)N(C(=O)O)CCC3C(C)(C)C)ncn1-2. The third kappa shape index (κ3) is 3.82. The van der Waals surface area contributed by atoms with Crippen LogP contribution in [-0.4, -0.2) is 38.1 Å². The summed E-state index contributed by atoms with van der Waals surface area (Å²) in [6.45, 7) is 8.52. The number of imidazole rings is 1.